The van der Waals surface area contributed by atoms with E-state index in [0.29, 0.717) is 68.2 Å². The first-order valence-corrected chi connectivity index (χ1v) is 20.3. The number of aromatic nitrogens is 3. The zero-order chi connectivity index (χ0) is 38.9. The molecule has 0 radical (unpaired) electrons. The summed E-state index contributed by atoms with van der Waals surface area (Å²) in [5.41, 5.74) is 6.77. The summed E-state index contributed by atoms with van der Waals surface area (Å²) < 4.78 is 26.7. The molecule has 12 heteroatoms. The number of benzene rings is 2. The average molecular weight is 771 g/mol. The third kappa shape index (κ3) is 7.99. The molecular weight excluding hydrogens is 721 g/mol. The van der Waals surface area contributed by atoms with Crippen molar-refractivity contribution in [3.63, 3.8) is 0 Å². The number of nitrogens with zero attached hydrogens (tertiary/aromatic N) is 5. The maximum Gasteiger partial charge on any atom is 0.255 e. The number of hydrogen-bond acceptors (Lipinski definition) is 9. The van der Waals surface area contributed by atoms with E-state index in [1.165, 1.54) is 21.8 Å². The predicted octanol–water partition coefficient (Wildman–Crippen LogP) is 6.41. The van der Waals surface area contributed by atoms with Gasteiger partial charge in [0.15, 0.2) is 0 Å². The van der Waals surface area contributed by atoms with Gasteiger partial charge < -0.3 is 38.6 Å². The predicted molar refractivity (Wildman–Crippen MR) is 217 cm³/mol. The minimum absolute atomic E-state index is 0.107. The highest BCUT2D eigenvalue weighted by atomic mass is 16.5. The summed E-state index contributed by atoms with van der Waals surface area (Å²) in [7, 11) is 2.10. The van der Waals surface area contributed by atoms with E-state index in [4.69, 9.17) is 18.9 Å². The third-order valence-electron chi connectivity index (χ3n) is 12.0. The van der Waals surface area contributed by atoms with Crippen LogP contribution in [0.2, 0.25) is 0 Å². The van der Waals surface area contributed by atoms with E-state index < -0.39 is 6.04 Å². The van der Waals surface area contributed by atoms with E-state index in [-0.39, 0.29) is 24.0 Å². The van der Waals surface area contributed by atoms with Gasteiger partial charge in [0.25, 0.3) is 5.91 Å². The number of carbonyl (C=O) groups is 2. The van der Waals surface area contributed by atoms with Crippen LogP contribution in [0.15, 0.2) is 85.5 Å². The molecule has 2 amide bonds. The molecule has 3 aliphatic heterocycles. The molecule has 5 aromatic rings. The molecule has 57 heavy (non-hydrogen) atoms. The van der Waals surface area contributed by atoms with Crippen LogP contribution in [0.5, 0.6) is 11.6 Å². The van der Waals surface area contributed by atoms with Gasteiger partial charge in [0.05, 0.1) is 24.3 Å². The monoisotopic (exact) mass is 770 g/mol. The van der Waals surface area contributed by atoms with E-state index in [1.54, 1.807) is 11.0 Å². The molecule has 0 spiro atoms. The summed E-state index contributed by atoms with van der Waals surface area (Å²) >= 11 is 0. The number of piperidine rings is 2. The van der Waals surface area contributed by atoms with E-state index in [0.717, 1.165) is 68.4 Å². The van der Waals surface area contributed by atoms with Crippen molar-refractivity contribution in [3.8, 4) is 22.8 Å². The number of fused-ring (bicyclic) bond motifs is 4. The molecule has 2 aromatic carbocycles. The average Bonchev–Trinajstić information content (AvgIpc) is 3.69. The zero-order valence-corrected chi connectivity index (χ0v) is 32.5. The highest BCUT2D eigenvalue weighted by Crippen LogP contribution is 2.34. The van der Waals surface area contributed by atoms with Crippen molar-refractivity contribution in [3.05, 3.63) is 96.6 Å². The Hall–Kier alpha value is -5.30. The molecule has 9 rings (SSSR count). The molecule has 12 nitrogen and oxygen atoms in total. The van der Waals surface area contributed by atoms with Crippen LogP contribution in [0.3, 0.4) is 0 Å². The Morgan fingerprint density at radius 3 is 2.54 bits per heavy atom. The van der Waals surface area contributed by atoms with Crippen LogP contribution in [0.1, 0.15) is 60.9 Å². The van der Waals surface area contributed by atoms with E-state index in [9.17, 15) is 9.59 Å². The third-order valence-corrected chi connectivity index (χ3v) is 12.0. The van der Waals surface area contributed by atoms with Crippen molar-refractivity contribution in [1.82, 2.24) is 29.7 Å². The first-order valence-electron chi connectivity index (χ1n) is 20.3. The van der Waals surface area contributed by atoms with Crippen LogP contribution in [0, 0.1) is 0 Å². The molecule has 1 saturated carbocycles. The Bertz CT molecular complexity index is 2280. The van der Waals surface area contributed by atoms with Crippen LogP contribution in [0.25, 0.3) is 32.9 Å². The summed E-state index contributed by atoms with van der Waals surface area (Å²) in [6.45, 7) is 8.96. The molecule has 4 aliphatic rings. The van der Waals surface area contributed by atoms with Gasteiger partial charge in [-0.1, -0.05) is 18.7 Å². The van der Waals surface area contributed by atoms with E-state index in [1.807, 2.05) is 36.8 Å². The molecule has 1 atom stereocenters. The molecule has 296 valence electrons. The summed E-state index contributed by atoms with van der Waals surface area (Å²) in [4.78, 5) is 38.5. The number of ether oxygens (including phenoxy) is 4. The van der Waals surface area contributed by atoms with Gasteiger partial charge in [0.1, 0.15) is 24.5 Å². The SMILES string of the molecule is C=C1CCC(N2Cc3cc(OCCOCCCN4CCC(OC5CC(Oc6ccc(-c7ccc8c9cnccc9n(C)c8c7)cn6)C5)CC4)ccc3C2=O)C(=O)N1. The fourth-order valence-corrected chi connectivity index (χ4v) is 8.72. The van der Waals surface area contributed by atoms with Gasteiger partial charge in [0.2, 0.25) is 11.8 Å². The normalized spacial score (nSPS) is 21.5. The second kappa shape index (κ2) is 16.3. The first-order chi connectivity index (χ1) is 27.9. The second-order valence-electron chi connectivity index (χ2n) is 15.8. The number of likely N-dealkylation sites (tertiary alicyclic amines) is 1. The number of hydrogen-bond donors (Lipinski definition) is 1. The summed E-state index contributed by atoms with van der Waals surface area (Å²) in [6, 6.07) is 17.7. The van der Waals surface area contributed by atoms with E-state index in [2.05, 4.69) is 68.7 Å². The van der Waals surface area contributed by atoms with Crippen LogP contribution >= 0.6 is 0 Å². The highest BCUT2D eigenvalue weighted by molar-refractivity contribution is 6.08. The number of nitrogens with one attached hydrogen (secondary N) is 1. The van der Waals surface area contributed by atoms with Crippen molar-refractivity contribution in [2.24, 2.45) is 7.05 Å². The summed E-state index contributed by atoms with van der Waals surface area (Å²) in [5, 5.41) is 5.15. The molecular formula is C45H50N6O6. The van der Waals surface area contributed by atoms with Crippen LogP contribution < -0.4 is 14.8 Å². The van der Waals surface area contributed by atoms with Gasteiger partial charge in [-0.2, -0.15) is 0 Å². The Balaban J connectivity index is 0.629. The van der Waals surface area contributed by atoms with Crippen molar-refractivity contribution < 1.29 is 28.5 Å². The van der Waals surface area contributed by atoms with Crippen LogP contribution in [0.4, 0.5) is 0 Å². The Kier molecular flexibility index (Phi) is 10.7. The molecule has 6 heterocycles. The van der Waals surface area contributed by atoms with Crippen molar-refractivity contribution in [2.75, 3.05) is 39.5 Å². The summed E-state index contributed by atoms with van der Waals surface area (Å²) in [5.74, 6) is 1.10. The number of pyridine rings is 2. The van der Waals surface area contributed by atoms with Gasteiger partial charge >= 0.3 is 0 Å². The first kappa shape index (κ1) is 37.3. The van der Waals surface area contributed by atoms with Crippen LogP contribution in [-0.4, -0.2) is 100.0 Å². The maximum absolute atomic E-state index is 13.0. The second-order valence-corrected chi connectivity index (χ2v) is 15.8. The van der Waals surface area contributed by atoms with Gasteiger partial charge in [-0.15, -0.1) is 0 Å². The molecule has 3 aromatic heterocycles. The summed E-state index contributed by atoms with van der Waals surface area (Å²) in [6.07, 6.45) is 12.5. The lowest BCUT2D eigenvalue weighted by atomic mass is 9.91. The number of aryl methyl sites for hydroxylation is 1. The van der Waals surface area contributed by atoms with Gasteiger partial charge in [-0.25, -0.2) is 4.98 Å². The van der Waals surface area contributed by atoms with Crippen molar-refractivity contribution >= 4 is 33.6 Å². The topological polar surface area (TPSA) is 120 Å². The van der Waals surface area contributed by atoms with Crippen molar-refractivity contribution in [1.29, 1.82) is 0 Å². The minimum atomic E-state index is -0.465. The van der Waals surface area contributed by atoms with Crippen LogP contribution in [-0.2, 0) is 27.9 Å². The molecule has 1 N–H and O–H groups in total. The fourth-order valence-electron chi connectivity index (χ4n) is 8.72. The minimum Gasteiger partial charge on any atom is -0.491 e. The quantitative estimate of drug-likeness (QED) is 0.128. The van der Waals surface area contributed by atoms with Gasteiger partial charge in [-0.3, -0.25) is 14.6 Å². The van der Waals surface area contributed by atoms with Gasteiger partial charge in [0, 0.05) is 110 Å². The number of allylic oxidation sites excluding steroid dienone is 1. The largest absolute Gasteiger partial charge is 0.491 e. The Morgan fingerprint density at radius 2 is 1.72 bits per heavy atom. The maximum atomic E-state index is 13.0. The van der Waals surface area contributed by atoms with E-state index >= 15 is 0 Å². The highest BCUT2D eigenvalue weighted by Gasteiger charge is 2.38. The molecule has 2 saturated heterocycles. The lowest BCUT2D eigenvalue weighted by Gasteiger charge is -2.39. The zero-order valence-electron chi connectivity index (χ0n) is 32.5. The Morgan fingerprint density at radius 1 is 0.860 bits per heavy atom. The van der Waals surface area contributed by atoms with Crippen molar-refractivity contribution in [2.45, 2.75) is 75.8 Å². The number of rotatable bonds is 14. The molecule has 1 aliphatic carbocycles. The van der Waals surface area contributed by atoms with Gasteiger partial charge in [-0.05, 0) is 79.6 Å². The fraction of sp³-hybridized carbons (Fsp3) is 0.422. The molecule has 3 fully saturated rings. The lowest BCUT2D eigenvalue weighted by Crippen LogP contribution is -2.49. The molecule has 0 bridgehead atoms. The molecule has 1 unspecified atom stereocenters. The number of amides is 2. The number of carbonyl (C=O) groups excluding carboxylic acids is 2. The smallest absolute Gasteiger partial charge is 0.255 e. The standard InChI is InChI=1S/C45H50N6O6/c1-29-4-10-41(44(52)48-29)51-28-32-22-34(7-9-37(32)45(51)53)55-21-20-54-19-3-16-50-17-13-33(14-18-50)56-35-24-36(25-35)57-43-11-6-31(26-47-43)30-5-8-38-39-27-46-15-12-40(39)49(2)42(38)23-30/h5-9,11-12,15,22-23,26-27,33,35-36,41H,1,3-4,10,13-14,16-21,24-25,28H2,2H3,(H,48,52). The lowest BCUT2D eigenvalue weighted by molar-refractivity contribution is -0.126. The Labute approximate surface area is 332 Å².